The number of amides is 2. The number of ether oxygens (including phenoxy) is 2. The lowest BCUT2D eigenvalue weighted by Crippen LogP contribution is -2.46. The smallest absolute Gasteiger partial charge is 0.261 e. The van der Waals surface area contributed by atoms with Gasteiger partial charge in [0, 0.05) is 19.2 Å². The molecular formula is C26H29N5O5S. The molecule has 0 bridgehead atoms. The van der Waals surface area contributed by atoms with Crippen LogP contribution in [0.4, 0.5) is 5.95 Å². The number of phenolic OH excluding ortho intramolecular Hbond substituents is 1. The van der Waals surface area contributed by atoms with Gasteiger partial charge in [-0.1, -0.05) is 17.9 Å². The van der Waals surface area contributed by atoms with Gasteiger partial charge in [-0.3, -0.25) is 9.59 Å². The molecule has 3 rings (SSSR count). The summed E-state index contributed by atoms with van der Waals surface area (Å²) in [7, 11) is 1.50. The first-order chi connectivity index (χ1) is 17.9. The zero-order chi connectivity index (χ0) is 26.6. The molecule has 3 aromatic rings. The number of carbonyl (C=O) groups excluding carboxylic acids is 2. The van der Waals surface area contributed by atoms with E-state index >= 15 is 0 Å². The second-order valence-corrected chi connectivity index (χ2v) is 8.88. The number of hydrogen-bond acceptors (Lipinski definition) is 9. The Bertz CT molecular complexity index is 1230. The van der Waals surface area contributed by atoms with Gasteiger partial charge in [-0.2, -0.15) is 0 Å². The summed E-state index contributed by atoms with van der Waals surface area (Å²) in [5.41, 5.74) is 2.12. The van der Waals surface area contributed by atoms with Gasteiger partial charge >= 0.3 is 0 Å². The summed E-state index contributed by atoms with van der Waals surface area (Å²) in [5.74, 6) is 5.90. The molecule has 2 heterocycles. The molecule has 0 aliphatic carbocycles. The Morgan fingerprint density at radius 3 is 2.49 bits per heavy atom. The van der Waals surface area contributed by atoms with Crippen molar-refractivity contribution in [2.45, 2.75) is 19.9 Å². The molecule has 0 saturated heterocycles. The van der Waals surface area contributed by atoms with Crippen molar-refractivity contribution in [2.75, 3.05) is 38.9 Å². The fourth-order valence-electron chi connectivity index (χ4n) is 3.33. The Labute approximate surface area is 219 Å². The van der Waals surface area contributed by atoms with E-state index in [2.05, 4.69) is 37.8 Å². The maximum atomic E-state index is 13.1. The Kier molecular flexibility index (Phi) is 10.4. The number of aryl methyl sites for hydroxylation is 2. The standard InChI is InChI=1S/C26H29N5O5S/c1-17-23(18(2)30-26(29-17)27-12-4-6-19-8-10-21(32)11-9-19)25(34)31-20(15-36-16-35-3)14-28-24(33)22-7-5-13-37-22/h5,7-11,13,20,32H,12,14-16H2,1-3H3,(H,28,33)(H,31,34)(H,27,29,30). The summed E-state index contributed by atoms with van der Waals surface area (Å²) in [6.07, 6.45) is 0. The summed E-state index contributed by atoms with van der Waals surface area (Å²) >= 11 is 1.34. The van der Waals surface area contributed by atoms with Crippen molar-refractivity contribution in [1.29, 1.82) is 0 Å². The van der Waals surface area contributed by atoms with Gasteiger partial charge in [-0.05, 0) is 49.6 Å². The van der Waals surface area contributed by atoms with Crippen LogP contribution in [0.3, 0.4) is 0 Å². The predicted octanol–water partition coefficient (Wildman–Crippen LogP) is 2.47. The molecule has 2 aromatic heterocycles. The summed E-state index contributed by atoms with van der Waals surface area (Å²) in [6.45, 7) is 4.13. The van der Waals surface area contributed by atoms with Crippen LogP contribution >= 0.6 is 11.3 Å². The number of methoxy groups -OCH3 is 1. The molecule has 1 unspecified atom stereocenters. The number of hydrogen-bond donors (Lipinski definition) is 4. The van der Waals surface area contributed by atoms with Gasteiger partial charge in [0.2, 0.25) is 5.95 Å². The molecule has 194 valence electrons. The van der Waals surface area contributed by atoms with Crippen LogP contribution in [-0.4, -0.2) is 66.5 Å². The molecule has 0 aliphatic rings. The van der Waals surface area contributed by atoms with Crippen LogP contribution in [0, 0.1) is 25.7 Å². The van der Waals surface area contributed by atoms with E-state index < -0.39 is 6.04 Å². The minimum Gasteiger partial charge on any atom is -0.508 e. The number of anilines is 1. The lowest BCUT2D eigenvalue weighted by atomic mass is 10.1. The van der Waals surface area contributed by atoms with E-state index in [1.165, 1.54) is 18.4 Å². The number of nitrogens with zero attached hydrogens (tertiary/aromatic N) is 2. The molecular weight excluding hydrogens is 494 g/mol. The molecule has 0 spiro atoms. The van der Waals surface area contributed by atoms with E-state index in [4.69, 9.17) is 9.47 Å². The van der Waals surface area contributed by atoms with Gasteiger partial charge in [0.15, 0.2) is 0 Å². The van der Waals surface area contributed by atoms with Gasteiger partial charge in [-0.15, -0.1) is 11.3 Å². The molecule has 4 N–H and O–H groups in total. The first kappa shape index (κ1) is 27.6. The first-order valence-corrected chi connectivity index (χ1v) is 12.3. The summed E-state index contributed by atoms with van der Waals surface area (Å²) in [4.78, 5) is 34.8. The molecule has 0 aliphatic heterocycles. The number of aromatic nitrogens is 2. The quantitative estimate of drug-likeness (QED) is 0.171. The van der Waals surface area contributed by atoms with Crippen LogP contribution in [0.5, 0.6) is 5.75 Å². The second-order valence-electron chi connectivity index (χ2n) is 7.93. The van der Waals surface area contributed by atoms with E-state index in [1.54, 1.807) is 50.2 Å². The minimum atomic E-state index is -0.502. The summed E-state index contributed by atoms with van der Waals surface area (Å²) in [5, 5.41) is 19.9. The summed E-state index contributed by atoms with van der Waals surface area (Å²) in [6, 6.07) is 9.62. The lowest BCUT2D eigenvalue weighted by molar-refractivity contribution is -0.0371. The lowest BCUT2D eigenvalue weighted by Gasteiger charge is -2.20. The van der Waals surface area contributed by atoms with E-state index in [-0.39, 0.29) is 37.5 Å². The van der Waals surface area contributed by atoms with Crippen molar-refractivity contribution in [1.82, 2.24) is 20.6 Å². The third-order valence-corrected chi connectivity index (χ3v) is 5.91. The maximum Gasteiger partial charge on any atom is 0.261 e. The number of benzene rings is 1. The van der Waals surface area contributed by atoms with E-state index in [0.29, 0.717) is 34.3 Å². The highest BCUT2D eigenvalue weighted by Gasteiger charge is 2.21. The summed E-state index contributed by atoms with van der Waals surface area (Å²) < 4.78 is 10.3. The number of thiophene rings is 1. The highest BCUT2D eigenvalue weighted by molar-refractivity contribution is 7.12. The van der Waals surface area contributed by atoms with E-state index in [1.807, 2.05) is 5.38 Å². The number of carbonyl (C=O) groups is 2. The minimum absolute atomic E-state index is 0.0579. The molecule has 1 aromatic carbocycles. The van der Waals surface area contributed by atoms with E-state index in [0.717, 1.165) is 5.56 Å². The van der Waals surface area contributed by atoms with Crippen LogP contribution in [-0.2, 0) is 9.47 Å². The average molecular weight is 524 g/mol. The fraction of sp³-hybridized carbons (Fsp3) is 0.308. The van der Waals surface area contributed by atoms with Crippen molar-refractivity contribution >= 4 is 29.1 Å². The van der Waals surface area contributed by atoms with Crippen LogP contribution in [0.15, 0.2) is 41.8 Å². The monoisotopic (exact) mass is 523 g/mol. The highest BCUT2D eigenvalue weighted by Crippen LogP contribution is 2.13. The van der Waals surface area contributed by atoms with Gasteiger partial charge in [0.1, 0.15) is 12.5 Å². The zero-order valence-corrected chi connectivity index (χ0v) is 21.6. The molecule has 10 nitrogen and oxygen atoms in total. The van der Waals surface area contributed by atoms with Crippen LogP contribution < -0.4 is 16.0 Å². The largest absolute Gasteiger partial charge is 0.508 e. The second kappa shape index (κ2) is 13.9. The van der Waals surface area contributed by atoms with Crippen molar-refractivity contribution in [3.63, 3.8) is 0 Å². The number of phenols is 1. The third-order valence-electron chi connectivity index (χ3n) is 5.04. The van der Waals surface area contributed by atoms with Gasteiger partial charge in [0.25, 0.3) is 11.8 Å². The van der Waals surface area contributed by atoms with Gasteiger partial charge in [-0.25, -0.2) is 9.97 Å². The van der Waals surface area contributed by atoms with Gasteiger partial charge < -0.3 is 30.5 Å². The normalized spacial score (nSPS) is 11.2. The highest BCUT2D eigenvalue weighted by atomic mass is 32.1. The SMILES string of the molecule is COCOCC(CNC(=O)c1cccs1)NC(=O)c1c(C)nc(NCC#Cc2ccc(O)cc2)nc1C. The van der Waals surface area contributed by atoms with Crippen molar-refractivity contribution in [3.8, 4) is 17.6 Å². The van der Waals surface area contributed by atoms with Crippen LogP contribution in [0.2, 0.25) is 0 Å². The number of nitrogens with one attached hydrogen (secondary N) is 3. The van der Waals surface area contributed by atoms with Gasteiger partial charge in [0.05, 0.1) is 41.0 Å². The molecule has 2 amide bonds. The molecule has 11 heteroatoms. The number of aromatic hydroxyl groups is 1. The number of rotatable bonds is 11. The van der Waals surface area contributed by atoms with Crippen molar-refractivity contribution in [3.05, 3.63) is 69.2 Å². The topological polar surface area (TPSA) is 135 Å². The zero-order valence-electron chi connectivity index (χ0n) is 20.8. The third kappa shape index (κ3) is 8.57. The molecule has 0 fully saturated rings. The Morgan fingerprint density at radius 1 is 1.11 bits per heavy atom. The van der Waals surface area contributed by atoms with Crippen LogP contribution in [0.1, 0.15) is 37.0 Å². The Balaban J connectivity index is 1.61. The molecule has 0 radical (unpaired) electrons. The van der Waals surface area contributed by atoms with Crippen molar-refractivity contribution in [2.24, 2.45) is 0 Å². The fourth-order valence-corrected chi connectivity index (χ4v) is 3.97. The average Bonchev–Trinajstić information content (AvgIpc) is 3.41. The van der Waals surface area contributed by atoms with E-state index in [9.17, 15) is 14.7 Å². The first-order valence-electron chi connectivity index (χ1n) is 11.4. The van der Waals surface area contributed by atoms with Crippen LogP contribution in [0.25, 0.3) is 0 Å². The van der Waals surface area contributed by atoms with Crippen molar-refractivity contribution < 1.29 is 24.2 Å². The molecule has 37 heavy (non-hydrogen) atoms. The Hall–Kier alpha value is -3.98. The Morgan fingerprint density at radius 2 is 1.84 bits per heavy atom. The molecule has 0 saturated carbocycles. The predicted molar refractivity (Wildman–Crippen MR) is 141 cm³/mol. The maximum absolute atomic E-state index is 13.1. The molecule has 1 atom stereocenters.